The fourth-order valence-electron chi connectivity index (χ4n) is 2.07. The van der Waals surface area contributed by atoms with E-state index in [0.717, 1.165) is 0 Å². The number of phenols is 3. The van der Waals surface area contributed by atoms with Crippen LogP contribution in [-0.2, 0) is 6.42 Å². The minimum Gasteiger partial charge on any atom is -0.508 e. The molecule has 0 saturated heterocycles. The summed E-state index contributed by atoms with van der Waals surface area (Å²) in [6.07, 6.45) is -1.45. The highest BCUT2D eigenvalue weighted by atomic mass is 16.5. The van der Waals surface area contributed by atoms with Crippen molar-refractivity contribution in [3.05, 3.63) is 47.5 Å². The normalized spacial score (nSPS) is 11.9. The second kappa shape index (κ2) is 6.36. The first-order valence-corrected chi connectivity index (χ1v) is 6.52. The van der Waals surface area contributed by atoms with Crippen LogP contribution in [0.1, 0.15) is 15.9 Å². The van der Waals surface area contributed by atoms with Gasteiger partial charge in [-0.3, -0.25) is 4.79 Å². The standard InChI is InChI=1S/C16H16O6/c1-22-11-7-12(18)15(13(19)8-11)16(21)14(20)6-9-2-4-10(17)5-3-9/h2-5,7-8,14,17-20H,6H2,1H3. The maximum Gasteiger partial charge on any atom is 0.199 e. The average molecular weight is 304 g/mol. The third-order valence-electron chi connectivity index (χ3n) is 3.22. The Morgan fingerprint density at radius 3 is 2.14 bits per heavy atom. The lowest BCUT2D eigenvalue weighted by atomic mass is 9.98. The molecule has 0 aliphatic heterocycles. The molecule has 116 valence electrons. The lowest BCUT2D eigenvalue weighted by molar-refractivity contribution is 0.0742. The Bertz CT molecular complexity index is 655. The van der Waals surface area contributed by atoms with E-state index in [1.54, 1.807) is 12.1 Å². The summed E-state index contributed by atoms with van der Waals surface area (Å²) in [7, 11) is 1.36. The van der Waals surface area contributed by atoms with Crippen molar-refractivity contribution < 1.29 is 30.0 Å². The molecule has 0 radical (unpaired) electrons. The molecule has 6 nitrogen and oxygen atoms in total. The maximum absolute atomic E-state index is 12.2. The van der Waals surface area contributed by atoms with Crippen molar-refractivity contribution in [2.75, 3.05) is 7.11 Å². The Morgan fingerprint density at radius 2 is 1.64 bits per heavy atom. The Kier molecular flexibility index (Phi) is 4.53. The first-order chi connectivity index (χ1) is 10.4. The van der Waals surface area contributed by atoms with Gasteiger partial charge in [0.1, 0.15) is 34.7 Å². The van der Waals surface area contributed by atoms with Gasteiger partial charge >= 0.3 is 0 Å². The van der Waals surface area contributed by atoms with Crippen molar-refractivity contribution in [3.63, 3.8) is 0 Å². The van der Waals surface area contributed by atoms with Gasteiger partial charge in [-0.05, 0) is 17.7 Å². The summed E-state index contributed by atoms with van der Waals surface area (Å²) in [6, 6.07) is 8.38. The first-order valence-electron chi connectivity index (χ1n) is 6.52. The number of methoxy groups -OCH3 is 1. The number of carbonyl (C=O) groups is 1. The van der Waals surface area contributed by atoms with Crippen molar-refractivity contribution >= 4 is 5.78 Å². The van der Waals surface area contributed by atoms with Crippen LogP contribution < -0.4 is 4.74 Å². The lowest BCUT2D eigenvalue weighted by Crippen LogP contribution is -2.23. The summed E-state index contributed by atoms with van der Waals surface area (Å²) in [5.74, 6) is -1.46. The molecule has 0 aliphatic carbocycles. The minimum atomic E-state index is -1.44. The van der Waals surface area contributed by atoms with Crippen LogP contribution in [0.25, 0.3) is 0 Å². The summed E-state index contributed by atoms with van der Waals surface area (Å²) in [6.45, 7) is 0. The topological polar surface area (TPSA) is 107 Å². The van der Waals surface area contributed by atoms with Gasteiger partial charge < -0.3 is 25.2 Å². The van der Waals surface area contributed by atoms with Gasteiger partial charge in [-0.2, -0.15) is 0 Å². The summed E-state index contributed by atoms with van der Waals surface area (Å²) >= 11 is 0. The molecule has 0 amide bonds. The molecule has 0 heterocycles. The molecule has 2 aromatic rings. The number of hydrogen-bond acceptors (Lipinski definition) is 6. The highest BCUT2D eigenvalue weighted by Crippen LogP contribution is 2.33. The van der Waals surface area contributed by atoms with E-state index < -0.39 is 23.4 Å². The number of aliphatic hydroxyl groups is 1. The van der Waals surface area contributed by atoms with Crippen LogP contribution in [0, 0.1) is 0 Å². The Labute approximate surface area is 126 Å². The second-order valence-electron chi connectivity index (χ2n) is 4.79. The van der Waals surface area contributed by atoms with Crippen molar-refractivity contribution in [1.82, 2.24) is 0 Å². The Balaban J connectivity index is 2.22. The third-order valence-corrected chi connectivity index (χ3v) is 3.22. The van der Waals surface area contributed by atoms with Gasteiger partial charge in [0.05, 0.1) is 7.11 Å². The smallest absolute Gasteiger partial charge is 0.199 e. The quantitative estimate of drug-likeness (QED) is 0.625. The van der Waals surface area contributed by atoms with E-state index in [-0.39, 0.29) is 23.5 Å². The monoisotopic (exact) mass is 304 g/mol. The predicted molar refractivity (Wildman–Crippen MR) is 78.5 cm³/mol. The van der Waals surface area contributed by atoms with Crippen LogP contribution >= 0.6 is 0 Å². The highest BCUT2D eigenvalue weighted by Gasteiger charge is 2.24. The van der Waals surface area contributed by atoms with E-state index in [2.05, 4.69) is 0 Å². The first kappa shape index (κ1) is 15.7. The van der Waals surface area contributed by atoms with Gasteiger partial charge in [-0.15, -0.1) is 0 Å². The molecule has 2 rings (SSSR count). The molecule has 1 atom stereocenters. The summed E-state index contributed by atoms with van der Waals surface area (Å²) < 4.78 is 4.86. The van der Waals surface area contributed by atoms with Crippen molar-refractivity contribution in [2.24, 2.45) is 0 Å². The van der Waals surface area contributed by atoms with Crippen molar-refractivity contribution in [1.29, 1.82) is 0 Å². The fraction of sp³-hybridized carbons (Fsp3) is 0.188. The lowest BCUT2D eigenvalue weighted by Gasteiger charge is -2.13. The van der Waals surface area contributed by atoms with Gasteiger partial charge in [0.25, 0.3) is 0 Å². The van der Waals surface area contributed by atoms with E-state index in [0.29, 0.717) is 5.56 Å². The number of Topliss-reactive ketones (excluding diaryl/α,β-unsaturated/α-hetero) is 1. The van der Waals surface area contributed by atoms with E-state index in [1.807, 2.05) is 0 Å². The maximum atomic E-state index is 12.2. The number of aliphatic hydroxyl groups excluding tert-OH is 1. The van der Waals surface area contributed by atoms with E-state index in [4.69, 9.17) is 4.74 Å². The van der Waals surface area contributed by atoms with Gasteiger partial charge in [0.15, 0.2) is 5.78 Å². The SMILES string of the molecule is COc1cc(O)c(C(=O)C(O)Cc2ccc(O)cc2)c(O)c1. The van der Waals surface area contributed by atoms with E-state index in [9.17, 15) is 25.2 Å². The molecule has 0 aromatic heterocycles. The zero-order chi connectivity index (χ0) is 16.3. The van der Waals surface area contributed by atoms with Gasteiger partial charge in [-0.1, -0.05) is 12.1 Å². The fourth-order valence-corrected chi connectivity index (χ4v) is 2.07. The number of rotatable bonds is 5. The van der Waals surface area contributed by atoms with Gasteiger partial charge in [-0.25, -0.2) is 0 Å². The minimum absolute atomic E-state index is 0.00990. The Hall–Kier alpha value is -2.73. The van der Waals surface area contributed by atoms with Crippen LogP contribution in [0.15, 0.2) is 36.4 Å². The molecule has 1 unspecified atom stereocenters. The molecule has 4 N–H and O–H groups in total. The van der Waals surface area contributed by atoms with E-state index >= 15 is 0 Å². The van der Waals surface area contributed by atoms with Crippen LogP contribution in [0.5, 0.6) is 23.0 Å². The highest BCUT2D eigenvalue weighted by molar-refractivity contribution is 6.04. The molecule has 0 aliphatic rings. The number of hydrogen-bond donors (Lipinski definition) is 4. The van der Waals surface area contributed by atoms with E-state index in [1.165, 1.54) is 31.4 Å². The molecule has 0 bridgehead atoms. The number of aromatic hydroxyl groups is 3. The summed E-state index contributed by atoms with van der Waals surface area (Å²) in [5.41, 5.74) is 0.276. The van der Waals surface area contributed by atoms with Crippen LogP contribution in [0.4, 0.5) is 0 Å². The molecule has 0 fully saturated rings. The largest absolute Gasteiger partial charge is 0.508 e. The third kappa shape index (κ3) is 3.29. The molecule has 2 aromatic carbocycles. The van der Waals surface area contributed by atoms with Crippen LogP contribution in [0.3, 0.4) is 0 Å². The second-order valence-corrected chi connectivity index (χ2v) is 4.79. The number of carbonyl (C=O) groups excluding carboxylic acids is 1. The molecule has 0 spiro atoms. The average Bonchev–Trinajstić information content (AvgIpc) is 2.48. The zero-order valence-corrected chi connectivity index (χ0v) is 11.9. The molecule has 6 heteroatoms. The predicted octanol–water partition coefficient (Wildman–Crippen LogP) is 1.60. The van der Waals surface area contributed by atoms with Crippen molar-refractivity contribution in [3.8, 4) is 23.0 Å². The van der Waals surface area contributed by atoms with Gasteiger partial charge in [0, 0.05) is 18.6 Å². The van der Waals surface area contributed by atoms with Gasteiger partial charge in [0.2, 0.25) is 0 Å². The molecule has 0 saturated carbocycles. The summed E-state index contributed by atoms with van der Waals surface area (Å²) in [5, 5.41) is 38.8. The number of ketones is 1. The Morgan fingerprint density at radius 1 is 1.09 bits per heavy atom. The van der Waals surface area contributed by atoms with Crippen LogP contribution in [0.2, 0.25) is 0 Å². The summed E-state index contributed by atoms with van der Waals surface area (Å²) in [4.78, 5) is 12.2. The number of benzene rings is 2. The molecule has 22 heavy (non-hydrogen) atoms. The number of phenolic OH excluding ortho intramolecular Hbond substituents is 3. The van der Waals surface area contributed by atoms with Crippen LogP contribution in [-0.4, -0.2) is 39.4 Å². The molecular weight excluding hydrogens is 288 g/mol. The van der Waals surface area contributed by atoms with Crippen molar-refractivity contribution in [2.45, 2.75) is 12.5 Å². The molecular formula is C16H16O6. The zero-order valence-electron chi connectivity index (χ0n) is 11.9. The number of ether oxygens (including phenoxy) is 1.